The quantitative estimate of drug-likeness (QED) is 0.565. The van der Waals surface area contributed by atoms with Crippen LogP contribution >= 0.6 is 0 Å². The highest BCUT2D eigenvalue weighted by Gasteiger charge is 2.34. The molecule has 174 valence electrons. The van der Waals surface area contributed by atoms with Crippen molar-refractivity contribution < 1.29 is 26.9 Å². The van der Waals surface area contributed by atoms with Crippen molar-refractivity contribution in [1.29, 1.82) is 0 Å². The van der Waals surface area contributed by atoms with Gasteiger partial charge in [-0.2, -0.15) is 18.2 Å². The summed E-state index contributed by atoms with van der Waals surface area (Å²) < 4.78 is 57.4. The minimum absolute atomic E-state index is 0.0450. The normalized spacial score (nSPS) is 18.9. The number of likely N-dealkylation sites (tertiary alicyclic amines) is 1. The van der Waals surface area contributed by atoms with Crippen LogP contribution in [0.4, 0.5) is 23.4 Å². The van der Waals surface area contributed by atoms with E-state index in [0.717, 1.165) is 12.3 Å². The number of piperidine rings is 1. The number of benzene rings is 1. The zero-order valence-electron chi connectivity index (χ0n) is 17.9. The predicted molar refractivity (Wildman–Crippen MR) is 111 cm³/mol. The highest BCUT2D eigenvalue weighted by molar-refractivity contribution is 6.00. The second-order valence-corrected chi connectivity index (χ2v) is 7.90. The van der Waals surface area contributed by atoms with Crippen molar-refractivity contribution in [2.75, 3.05) is 11.9 Å². The molecule has 2 atom stereocenters. The lowest BCUT2D eigenvalue weighted by Crippen LogP contribution is -2.52. The van der Waals surface area contributed by atoms with E-state index in [2.05, 4.69) is 20.4 Å². The maximum Gasteiger partial charge on any atom is 0.417 e. The van der Waals surface area contributed by atoms with Gasteiger partial charge in [-0.25, -0.2) is 9.37 Å². The minimum atomic E-state index is -4.46. The molecule has 3 aromatic rings. The van der Waals surface area contributed by atoms with Gasteiger partial charge < -0.3 is 14.7 Å². The first kappa shape index (κ1) is 22.7. The lowest BCUT2D eigenvalue weighted by atomic mass is 9.95. The molecule has 0 radical (unpaired) electrons. The first-order chi connectivity index (χ1) is 15.6. The third kappa shape index (κ3) is 4.81. The van der Waals surface area contributed by atoms with E-state index in [0.29, 0.717) is 25.2 Å². The molecule has 11 heteroatoms. The Hall–Kier alpha value is -3.50. The van der Waals surface area contributed by atoms with E-state index < -0.39 is 17.6 Å². The Morgan fingerprint density at radius 3 is 2.67 bits per heavy atom. The van der Waals surface area contributed by atoms with Crippen molar-refractivity contribution in [1.82, 2.24) is 20.0 Å². The lowest BCUT2D eigenvalue weighted by molar-refractivity contribution is -0.137. The molecule has 3 heterocycles. The largest absolute Gasteiger partial charge is 0.417 e. The molecule has 0 saturated carbocycles. The number of carbonyl (C=O) groups is 1. The van der Waals surface area contributed by atoms with E-state index in [1.807, 2.05) is 6.92 Å². The molecule has 0 aliphatic carbocycles. The lowest BCUT2D eigenvalue weighted by Gasteiger charge is -2.40. The summed E-state index contributed by atoms with van der Waals surface area (Å²) in [5.41, 5.74) is -0.408. The number of anilines is 1. The maximum atomic E-state index is 13.9. The Morgan fingerprint density at radius 2 is 2.03 bits per heavy atom. The Balaban J connectivity index is 1.55. The van der Waals surface area contributed by atoms with Gasteiger partial charge in [0.2, 0.25) is 0 Å². The Morgan fingerprint density at radius 1 is 1.24 bits per heavy atom. The fourth-order valence-corrected chi connectivity index (χ4v) is 3.90. The van der Waals surface area contributed by atoms with Crippen LogP contribution in [-0.4, -0.2) is 44.6 Å². The van der Waals surface area contributed by atoms with Gasteiger partial charge in [0.25, 0.3) is 11.8 Å². The van der Waals surface area contributed by atoms with Gasteiger partial charge in [-0.1, -0.05) is 5.16 Å². The van der Waals surface area contributed by atoms with Gasteiger partial charge in [-0.3, -0.25) is 4.79 Å². The van der Waals surface area contributed by atoms with Crippen LogP contribution in [0.2, 0.25) is 0 Å². The van der Waals surface area contributed by atoms with Gasteiger partial charge in [0.1, 0.15) is 11.6 Å². The van der Waals surface area contributed by atoms with Crippen LogP contribution in [0.15, 0.2) is 41.1 Å². The van der Waals surface area contributed by atoms with Gasteiger partial charge in [0.15, 0.2) is 5.82 Å². The molecule has 1 amide bonds. The number of halogens is 4. The van der Waals surface area contributed by atoms with Crippen LogP contribution in [-0.2, 0) is 6.18 Å². The van der Waals surface area contributed by atoms with E-state index in [1.54, 1.807) is 11.8 Å². The van der Waals surface area contributed by atoms with Crippen molar-refractivity contribution in [2.45, 2.75) is 44.9 Å². The molecular weight excluding hydrogens is 442 g/mol. The monoisotopic (exact) mass is 463 g/mol. The Kier molecular flexibility index (Phi) is 6.05. The second kappa shape index (κ2) is 8.80. The summed E-state index contributed by atoms with van der Waals surface area (Å²) in [4.78, 5) is 23.0. The Labute approximate surface area is 186 Å². The molecule has 7 nitrogen and oxygen atoms in total. The molecule has 1 aliphatic rings. The van der Waals surface area contributed by atoms with Crippen molar-refractivity contribution in [3.05, 3.63) is 59.3 Å². The van der Waals surface area contributed by atoms with Crippen molar-refractivity contribution >= 4 is 11.7 Å². The number of aromatic nitrogens is 3. The molecule has 1 aromatic carbocycles. The molecule has 33 heavy (non-hydrogen) atoms. The minimum Gasteiger partial charge on any atom is -0.365 e. The first-order valence-electron chi connectivity index (χ1n) is 10.3. The van der Waals surface area contributed by atoms with Gasteiger partial charge in [0, 0.05) is 24.8 Å². The van der Waals surface area contributed by atoms with Crippen LogP contribution in [0.5, 0.6) is 0 Å². The third-order valence-electron chi connectivity index (χ3n) is 5.64. The third-order valence-corrected chi connectivity index (χ3v) is 5.64. The predicted octanol–water partition coefficient (Wildman–Crippen LogP) is 4.70. The summed E-state index contributed by atoms with van der Waals surface area (Å²) in [6, 6.07) is 5.44. The van der Waals surface area contributed by atoms with Gasteiger partial charge >= 0.3 is 6.18 Å². The average molecular weight is 463 g/mol. The number of amides is 1. The molecule has 2 aromatic heterocycles. The summed E-state index contributed by atoms with van der Waals surface area (Å²) in [6.45, 7) is 3.93. The molecule has 1 saturated heterocycles. The van der Waals surface area contributed by atoms with Crippen LogP contribution in [0.1, 0.15) is 41.5 Å². The zero-order chi connectivity index (χ0) is 23.8. The summed E-state index contributed by atoms with van der Waals surface area (Å²) >= 11 is 0. The van der Waals surface area contributed by atoms with Crippen molar-refractivity contribution in [3.63, 3.8) is 0 Å². The van der Waals surface area contributed by atoms with Crippen LogP contribution in [0.25, 0.3) is 11.5 Å². The highest BCUT2D eigenvalue weighted by atomic mass is 19.4. The van der Waals surface area contributed by atoms with E-state index in [-0.39, 0.29) is 40.8 Å². The molecule has 0 spiro atoms. The van der Waals surface area contributed by atoms with Gasteiger partial charge in [0.05, 0.1) is 16.7 Å². The number of carbonyl (C=O) groups excluding carboxylic acids is 1. The average Bonchev–Trinajstić information content (AvgIpc) is 3.21. The number of hydrogen-bond acceptors (Lipinski definition) is 6. The molecule has 1 fully saturated rings. The molecule has 1 N–H and O–H groups in total. The maximum absolute atomic E-state index is 13.9. The highest BCUT2D eigenvalue weighted by Crippen LogP contribution is 2.30. The van der Waals surface area contributed by atoms with E-state index in [9.17, 15) is 22.4 Å². The SMILES string of the molecule is Cc1noc(-c2cc(F)ccc2C(=O)N2CCCC(Nc3ccc(C(F)(F)F)cn3)C2C)n1. The number of hydrogen-bond donors (Lipinski definition) is 1. The number of rotatable bonds is 4. The first-order valence-corrected chi connectivity index (χ1v) is 10.3. The van der Waals surface area contributed by atoms with Crippen molar-refractivity contribution in [3.8, 4) is 11.5 Å². The molecular formula is C22H21F4N5O2. The molecule has 4 rings (SSSR count). The summed E-state index contributed by atoms with van der Waals surface area (Å²) in [5, 5.41) is 6.84. The summed E-state index contributed by atoms with van der Waals surface area (Å²) in [7, 11) is 0. The number of nitrogens with one attached hydrogen (secondary N) is 1. The fourth-order valence-electron chi connectivity index (χ4n) is 3.90. The van der Waals surface area contributed by atoms with Crippen LogP contribution in [0.3, 0.4) is 0 Å². The van der Waals surface area contributed by atoms with E-state index in [4.69, 9.17) is 4.52 Å². The molecule has 1 aliphatic heterocycles. The molecule has 2 unspecified atom stereocenters. The van der Waals surface area contributed by atoms with Gasteiger partial charge in [-0.15, -0.1) is 0 Å². The second-order valence-electron chi connectivity index (χ2n) is 7.90. The fraction of sp³-hybridized carbons (Fsp3) is 0.364. The Bertz CT molecular complexity index is 1150. The van der Waals surface area contributed by atoms with E-state index in [1.165, 1.54) is 24.3 Å². The number of pyridine rings is 1. The smallest absolute Gasteiger partial charge is 0.365 e. The number of aryl methyl sites for hydroxylation is 1. The zero-order valence-corrected chi connectivity index (χ0v) is 17.9. The number of nitrogens with zero attached hydrogens (tertiary/aromatic N) is 4. The van der Waals surface area contributed by atoms with Gasteiger partial charge in [-0.05, 0) is 57.0 Å². The number of alkyl halides is 3. The topological polar surface area (TPSA) is 84.2 Å². The van der Waals surface area contributed by atoms with Crippen LogP contribution < -0.4 is 5.32 Å². The van der Waals surface area contributed by atoms with E-state index >= 15 is 0 Å². The standard InChI is InChI=1S/C22H21F4N5O2/c1-12-18(29-19-8-5-14(11-27-19)22(24,25)26)4-3-9-31(12)21(32)16-7-6-15(23)10-17(16)20-28-13(2)30-33-20/h5-8,10-12,18H,3-4,9H2,1-2H3,(H,27,29). The van der Waals surface area contributed by atoms with Crippen molar-refractivity contribution in [2.24, 2.45) is 0 Å². The summed E-state index contributed by atoms with van der Waals surface area (Å²) in [5.74, 6) is -0.189. The molecule has 0 bridgehead atoms. The summed E-state index contributed by atoms with van der Waals surface area (Å²) in [6.07, 6.45) is -2.32. The van der Waals surface area contributed by atoms with Crippen LogP contribution in [0, 0.1) is 12.7 Å².